The highest BCUT2D eigenvalue weighted by Crippen LogP contribution is 2.19. The van der Waals surface area contributed by atoms with Gasteiger partial charge in [-0.1, -0.05) is 30.3 Å². The molecule has 0 fully saturated rings. The van der Waals surface area contributed by atoms with Crippen LogP contribution in [0.5, 0.6) is 0 Å². The molecule has 0 unspecified atom stereocenters. The highest BCUT2D eigenvalue weighted by atomic mass is 16.5. The van der Waals surface area contributed by atoms with Gasteiger partial charge in [0.15, 0.2) is 0 Å². The molecule has 2 rings (SSSR count). The van der Waals surface area contributed by atoms with E-state index in [9.17, 15) is 10.0 Å². The van der Waals surface area contributed by atoms with E-state index in [0.29, 0.717) is 16.2 Å². The van der Waals surface area contributed by atoms with Crippen molar-refractivity contribution in [3.05, 3.63) is 64.9 Å². The summed E-state index contributed by atoms with van der Waals surface area (Å²) >= 11 is 0. The first-order valence-corrected chi connectivity index (χ1v) is 7.21. The fraction of sp³-hybridized carbons (Fsp3) is 0.235. The lowest BCUT2D eigenvalue weighted by Gasteiger charge is -2.02. The van der Waals surface area contributed by atoms with E-state index in [0.717, 1.165) is 19.3 Å². The first-order chi connectivity index (χ1) is 10.6. The Hall–Kier alpha value is -2.69. The predicted octanol–water partition coefficient (Wildman–Crippen LogP) is 4.65. The number of rotatable bonds is 6. The lowest BCUT2D eigenvalue weighted by molar-refractivity contribution is -0.435. The number of benzene rings is 2. The van der Waals surface area contributed by atoms with Gasteiger partial charge in [0.25, 0.3) is 0 Å². The largest absolute Gasteiger partial charge is 0.594 e. The van der Waals surface area contributed by atoms with E-state index < -0.39 is 5.97 Å². The highest BCUT2D eigenvalue weighted by Gasteiger charge is 2.07. The Morgan fingerprint density at radius 3 is 2.32 bits per heavy atom. The van der Waals surface area contributed by atoms with Gasteiger partial charge in [-0.3, -0.25) is 0 Å². The number of carboxylic acid groups (broad SMARTS) is 1. The van der Waals surface area contributed by atoms with Gasteiger partial charge >= 0.3 is 5.97 Å². The molecule has 0 atom stereocenters. The van der Waals surface area contributed by atoms with E-state index in [1.165, 1.54) is 29.8 Å². The van der Waals surface area contributed by atoms with Crippen LogP contribution in [0.25, 0.3) is 0 Å². The molecule has 0 bridgehead atoms. The standard InChI is InChI=1S/C17H18N2O3/c1-2-3-4-13-5-9-15(10-6-13)18-19(22)16-11-7-14(8-12-16)17(20)21/h5-12H,2-4H2,1H3,(H,20,21). The Labute approximate surface area is 129 Å². The summed E-state index contributed by atoms with van der Waals surface area (Å²) in [5.74, 6) is -1.02. The second kappa shape index (κ2) is 7.36. The van der Waals surface area contributed by atoms with Gasteiger partial charge in [0.05, 0.1) is 5.56 Å². The summed E-state index contributed by atoms with van der Waals surface area (Å²) in [6.45, 7) is 2.15. The van der Waals surface area contributed by atoms with Gasteiger partial charge in [-0.15, -0.1) is 0 Å². The van der Waals surface area contributed by atoms with E-state index in [4.69, 9.17) is 5.11 Å². The third-order valence-corrected chi connectivity index (χ3v) is 3.30. The van der Waals surface area contributed by atoms with Crippen LogP contribution in [0, 0.1) is 5.21 Å². The summed E-state index contributed by atoms with van der Waals surface area (Å²) in [6.07, 6.45) is 3.31. The summed E-state index contributed by atoms with van der Waals surface area (Å²) in [5, 5.41) is 24.7. The molecule has 0 radical (unpaired) electrons. The minimum absolute atomic E-state index is 0.137. The van der Waals surface area contributed by atoms with Crippen LogP contribution in [0.2, 0.25) is 0 Å². The zero-order valence-corrected chi connectivity index (χ0v) is 12.4. The van der Waals surface area contributed by atoms with Crippen molar-refractivity contribution in [2.75, 3.05) is 0 Å². The fourth-order valence-corrected chi connectivity index (χ4v) is 2.00. The van der Waals surface area contributed by atoms with E-state index in [1.54, 1.807) is 0 Å². The van der Waals surface area contributed by atoms with Crippen molar-refractivity contribution in [3.8, 4) is 0 Å². The number of carbonyl (C=O) groups is 1. The Balaban J connectivity index is 2.12. The molecule has 0 amide bonds. The predicted molar refractivity (Wildman–Crippen MR) is 83.8 cm³/mol. The number of hydrogen-bond donors (Lipinski definition) is 1. The molecule has 2 aromatic rings. The third-order valence-electron chi connectivity index (χ3n) is 3.30. The second-order valence-electron chi connectivity index (χ2n) is 4.99. The molecule has 1 N–H and O–H groups in total. The lowest BCUT2D eigenvalue weighted by Crippen LogP contribution is -1.96. The van der Waals surface area contributed by atoms with Crippen LogP contribution in [-0.2, 0) is 6.42 Å². The van der Waals surface area contributed by atoms with Crippen LogP contribution in [0.15, 0.2) is 53.6 Å². The summed E-state index contributed by atoms with van der Waals surface area (Å²) in [5.41, 5.74) is 2.22. The zero-order valence-electron chi connectivity index (χ0n) is 12.4. The normalized spacial score (nSPS) is 11.4. The van der Waals surface area contributed by atoms with Crippen LogP contribution >= 0.6 is 0 Å². The van der Waals surface area contributed by atoms with Crippen LogP contribution in [0.3, 0.4) is 0 Å². The minimum Gasteiger partial charge on any atom is -0.594 e. The molecule has 2 aromatic carbocycles. The van der Waals surface area contributed by atoms with Crippen LogP contribution < -0.4 is 0 Å². The molecule has 0 aliphatic heterocycles. The maximum absolute atomic E-state index is 12.0. The number of azo groups is 1. The molecule has 114 valence electrons. The summed E-state index contributed by atoms with van der Waals surface area (Å²) in [7, 11) is 0. The average molecular weight is 298 g/mol. The number of unbranched alkanes of at least 4 members (excludes halogenated alkanes) is 1. The van der Waals surface area contributed by atoms with Crippen molar-refractivity contribution in [1.29, 1.82) is 0 Å². The van der Waals surface area contributed by atoms with Crippen molar-refractivity contribution >= 4 is 17.3 Å². The molecule has 22 heavy (non-hydrogen) atoms. The van der Waals surface area contributed by atoms with Crippen molar-refractivity contribution in [2.24, 2.45) is 5.11 Å². The maximum atomic E-state index is 12.0. The molecule has 0 heterocycles. The topological polar surface area (TPSA) is 75.7 Å². The summed E-state index contributed by atoms with van der Waals surface area (Å²) in [6, 6.07) is 13.2. The van der Waals surface area contributed by atoms with Crippen LogP contribution in [-0.4, -0.2) is 15.9 Å². The van der Waals surface area contributed by atoms with E-state index in [1.807, 2.05) is 24.3 Å². The van der Waals surface area contributed by atoms with Gasteiger partial charge in [0.2, 0.25) is 5.69 Å². The van der Waals surface area contributed by atoms with Gasteiger partial charge in [-0.05, 0) is 42.7 Å². The maximum Gasteiger partial charge on any atom is 0.335 e. The monoisotopic (exact) mass is 298 g/mol. The molecular weight excluding hydrogens is 280 g/mol. The number of hydrogen-bond acceptors (Lipinski definition) is 3. The van der Waals surface area contributed by atoms with E-state index >= 15 is 0 Å². The second-order valence-corrected chi connectivity index (χ2v) is 4.99. The SMILES string of the molecule is CCCCc1ccc(N=[N+]([O-])c2ccc(C(=O)O)cc2)cc1. The van der Waals surface area contributed by atoms with Gasteiger partial charge in [0.1, 0.15) is 5.69 Å². The van der Waals surface area contributed by atoms with Crippen LogP contribution in [0.1, 0.15) is 35.7 Å². The molecule has 0 aromatic heterocycles. The van der Waals surface area contributed by atoms with Gasteiger partial charge in [-0.25, -0.2) is 4.79 Å². The van der Waals surface area contributed by atoms with Crippen LogP contribution in [0.4, 0.5) is 11.4 Å². The molecule has 0 aliphatic carbocycles. The number of carboxylic acids is 1. The first-order valence-electron chi connectivity index (χ1n) is 7.21. The summed E-state index contributed by atoms with van der Waals surface area (Å²) < 4.78 is 0. The molecular formula is C17H18N2O3. The number of nitrogens with zero attached hydrogens (tertiary/aromatic N) is 2. The number of aryl methyl sites for hydroxylation is 1. The third kappa shape index (κ3) is 4.15. The number of aromatic carboxylic acids is 1. The quantitative estimate of drug-likeness (QED) is 0.479. The molecule has 5 nitrogen and oxygen atoms in total. The zero-order chi connectivity index (χ0) is 15.9. The van der Waals surface area contributed by atoms with Gasteiger partial charge in [-0.2, -0.15) is 0 Å². The Morgan fingerprint density at radius 2 is 1.77 bits per heavy atom. The Kier molecular flexibility index (Phi) is 5.25. The van der Waals surface area contributed by atoms with E-state index in [2.05, 4.69) is 12.0 Å². The highest BCUT2D eigenvalue weighted by molar-refractivity contribution is 5.87. The first kappa shape index (κ1) is 15.7. The Bertz CT molecular complexity index is 661. The minimum atomic E-state index is -1.02. The molecule has 0 spiro atoms. The van der Waals surface area contributed by atoms with Crippen molar-refractivity contribution in [1.82, 2.24) is 0 Å². The molecule has 0 saturated heterocycles. The smallest absolute Gasteiger partial charge is 0.335 e. The molecule has 0 aliphatic rings. The van der Waals surface area contributed by atoms with E-state index in [-0.39, 0.29) is 5.56 Å². The summed E-state index contributed by atoms with van der Waals surface area (Å²) in [4.78, 5) is 11.3. The average Bonchev–Trinajstić information content (AvgIpc) is 2.54. The Morgan fingerprint density at radius 1 is 1.14 bits per heavy atom. The van der Waals surface area contributed by atoms with Crippen molar-refractivity contribution in [3.63, 3.8) is 0 Å². The van der Waals surface area contributed by atoms with Gasteiger partial charge in [0, 0.05) is 17.2 Å². The van der Waals surface area contributed by atoms with Crippen molar-refractivity contribution in [2.45, 2.75) is 26.2 Å². The van der Waals surface area contributed by atoms with Crippen molar-refractivity contribution < 1.29 is 14.8 Å². The molecule has 5 heteroatoms. The fourth-order valence-electron chi connectivity index (χ4n) is 2.00. The molecule has 0 saturated carbocycles. The lowest BCUT2D eigenvalue weighted by atomic mass is 10.1. The van der Waals surface area contributed by atoms with Gasteiger partial charge < -0.3 is 10.3 Å².